The van der Waals surface area contributed by atoms with Crippen molar-refractivity contribution in [2.24, 2.45) is 5.92 Å². The SMILES string of the molecule is C=CC1[Se]/C=C\C(C)/C(=C(\CC)CCNC)c2ccccc2CC1=O. The number of fused-ring (bicyclic) bond motifs is 1. The van der Waals surface area contributed by atoms with Crippen LogP contribution in [0, 0.1) is 5.92 Å². The fourth-order valence-electron chi connectivity index (χ4n) is 3.37. The zero-order valence-electron chi connectivity index (χ0n) is 15.5. The monoisotopic (exact) mass is 403 g/mol. The molecule has 0 saturated carbocycles. The van der Waals surface area contributed by atoms with E-state index in [1.807, 2.05) is 19.2 Å². The Balaban J connectivity index is 2.60. The van der Waals surface area contributed by atoms with Crippen molar-refractivity contribution in [2.45, 2.75) is 37.9 Å². The third-order valence-electron chi connectivity index (χ3n) is 4.74. The Kier molecular flexibility index (Phi) is 7.89. The molecule has 1 aromatic rings. The first kappa shape index (κ1) is 19.9. The summed E-state index contributed by atoms with van der Waals surface area (Å²) in [4.78, 5) is 14.9. The molecule has 2 nitrogen and oxygen atoms in total. The Bertz CT molecular complexity index is 674. The molecule has 134 valence electrons. The molecule has 0 saturated heterocycles. The Hall–Kier alpha value is -1.41. The van der Waals surface area contributed by atoms with Gasteiger partial charge in [-0.05, 0) is 0 Å². The third-order valence-corrected chi connectivity index (χ3v) is 6.97. The molecular weight excluding hydrogens is 373 g/mol. The fraction of sp³-hybridized carbons (Fsp3) is 0.409. The Morgan fingerprint density at radius 3 is 2.84 bits per heavy atom. The number of carbonyl (C=O) groups excluding carboxylic acids is 1. The van der Waals surface area contributed by atoms with E-state index in [0.29, 0.717) is 12.3 Å². The van der Waals surface area contributed by atoms with Gasteiger partial charge < -0.3 is 0 Å². The van der Waals surface area contributed by atoms with Gasteiger partial charge in [-0.15, -0.1) is 0 Å². The second-order valence-electron chi connectivity index (χ2n) is 6.43. The molecule has 1 aliphatic heterocycles. The number of carbonyl (C=O) groups is 1. The van der Waals surface area contributed by atoms with Crippen molar-refractivity contribution in [3.05, 3.63) is 64.7 Å². The van der Waals surface area contributed by atoms with Crippen molar-refractivity contribution in [3.63, 3.8) is 0 Å². The van der Waals surface area contributed by atoms with Gasteiger partial charge in [-0.2, -0.15) is 0 Å². The van der Waals surface area contributed by atoms with Crippen LogP contribution in [0.25, 0.3) is 5.57 Å². The van der Waals surface area contributed by atoms with Gasteiger partial charge in [0.05, 0.1) is 0 Å². The maximum absolute atomic E-state index is 12.7. The molecule has 2 rings (SSSR count). The number of rotatable bonds is 5. The summed E-state index contributed by atoms with van der Waals surface area (Å²) in [6.45, 7) is 9.36. The van der Waals surface area contributed by atoms with Gasteiger partial charge >= 0.3 is 159 Å². The summed E-state index contributed by atoms with van der Waals surface area (Å²) in [6, 6.07) is 8.44. The molecule has 0 bridgehead atoms. The van der Waals surface area contributed by atoms with Gasteiger partial charge in [0.2, 0.25) is 0 Å². The molecule has 1 aromatic carbocycles. The van der Waals surface area contributed by atoms with Gasteiger partial charge in [0.25, 0.3) is 0 Å². The number of benzene rings is 1. The van der Waals surface area contributed by atoms with Crippen LogP contribution < -0.4 is 5.32 Å². The first-order valence-corrected chi connectivity index (χ1v) is 11.0. The quantitative estimate of drug-likeness (QED) is 0.584. The fourth-order valence-corrected chi connectivity index (χ4v) is 5.13. The van der Waals surface area contributed by atoms with Gasteiger partial charge in [0, 0.05) is 0 Å². The molecular formula is C22H29NOSe. The maximum atomic E-state index is 12.7. The first-order valence-electron chi connectivity index (χ1n) is 9.04. The van der Waals surface area contributed by atoms with Crippen LogP contribution in [-0.4, -0.2) is 34.3 Å². The van der Waals surface area contributed by atoms with Gasteiger partial charge in [0.15, 0.2) is 0 Å². The van der Waals surface area contributed by atoms with E-state index in [9.17, 15) is 4.79 Å². The van der Waals surface area contributed by atoms with Crippen LogP contribution in [0.3, 0.4) is 0 Å². The van der Waals surface area contributed by atoms with Crippen molar-refractivity contribution >= 4 is 26.3 Å². The van der Waals surface area contributed by atoms with Crippen LogP contribution in [-0.2, 0) is 11.2 Å². The van der Waals surface area contributed by atoms with E-state index in [0.717, 1.165) is 24.9 Å². The number of allylic oxidation sites excluding steroid dienone is 3. The van der Waals surface area contributed by atoms with Crippen LogP contribution in [0.4, 0.5) is 0 Å². The number of nitrogens with one attached hydrogen (secondary N) is 1. The van der Waals surface area contributed by atoms with Crippen molar-refractivity contribution in [2.75, 3.05) is 13.6 Å². The van der Waals surface area contributed by atoms with Crippen molar-refractivity contribution < 1.29 is 4.79 Å². The standard InChI is InChI=1S/C22H29NOSe/c1-5-17(11-13-23-4)22-16(3)12-14-25-21(6-2)20(24)15-18-9-7-8-10-19(18)22/h6-10,12,14,16,21,23H,2,5,11,13,15H2,1,3-4H3/b14-12-,22-17-. The molecule has 0 aliphatic carbocycles. The molecule has 0 fully saturated rings. The molecule has 0 spiro atoms. The van der Waals surface area contributed by atoms with Gasteiger partial charge in [0.1, 0.15) is 0 Å². The molecule has 1 N–H and O–H groups in total. The van der Waals surface area contributed by atoms with E-state index >= 15 is 0 Å². The number of Topliss-reactive ketones (excluding diaryl/α,β-unsaturated/α-hetero) is 1. The molecule has 2 atom stereocenters. The summed E-state index contributed by atoms with van der Waals surface area (Å²) in [5.74, 6) is 0.641. The van der Waals surface area contributed by atoms with E-state index < -0.39 is 0 Å². The molecule has 1 heterocycles. The molecule has 1 aliphatic rings. The second-order valence-corrected chi connectivity index (χ2v) is 8.64. The van der Waals surface area contributed by atoms with E-state index in [1.165, 1.54) is 16.7 Å². The molecule has 0 radical (unpaired) electrons. The topological polar surface area (TPSA) is 29.1 Å². The van der Waals surface area contributed by atoms with E-state index in [4.69, 9.17) is 0 Å². The van der Waals surface area contributed by atoms with Crippen molar-refractivity contribution in [1.82, 2.24) is 5.32 Å². The van der Waals surface area contributed by atoms with Crippen LogP contribution in [0.5, 0.6) is 0 Å². The summed E-state index contributed by atoms with van der Waals surface area (Å²) in [5, 5.41) is 3.27. The molecule has 25 heavy (non-hydrogen) atoms. The minimum absolute atomic E-state index is 0.0236. The molecule has 3 heteroatoms. The summed E-state index contributed by atoms with van der Waals surface area (Å²) in [7, 11) is 2.00. The molecule has 0 amide bonds. The van der Waals surface area contributed by atoms with Crippen molar-refractivity contribution in [3.8, 4) is 0 Å². The van der Waals surface area contributed by atoms with E-state index in [-0.39, 0.29) is 25.6 Å². The predicted molar refractivity (Wildman–Crippen MR) is 109 cm³/mol. The predicted octanol–water partition coefficient (Wildman–Crippen LogP) is 4.41. The second kappa shape index (κ2) is 9.91. The Morgan fingerprint density at radius 2 is 2.16 bits per heavy atom. The zero-order valence-corrected chi connectivity index (χ0v) is 17.3. The summed E-state index contributed by atoms with van der Waals surface area (Å²) < 4.78 is 0. The third kappa shape index (κ3) is 5.04. The Morgan fingerprint density at radius 1 is 1.40 bits per heavy atom. The van der Waals surface area contributed by atoms with Crippen molar-refractivity contribution in [1.29, 1.82) is 0 Å². The molecule has 0 aromatic heterocycles. The van der Waals surface area contributed by atoms with Crippen LogP contribution >= 0.6 is 0 Å². The zero-order chi connectivity index (χ0) is 18.2. The van der Waals surface area contributed by atoms with Crippen LogP contribution in [0.1, 0.15) is 37.8 Å². The summed E-state index contributed by atoms with van der Waals surface area (Å²) in [5.41, 5.74) is 5.30. The van der Waals surface area contributed by atoms with Gasteiger partial charge in [-0.1, -0.05) is 0 Å². The minimum atomic E-state index is -0.0236. The normalized spacial score (nSPS) is 24.4. The number of ketones is 1. The van der Waals surface area contributed by atoms with Crippen LogP contribution in [0.2, 0.25) is 4.82 Å². The average molecular weight is 402 g/mol. The van der Waals surface area contributed by atoms with E-state index in [1.54, 1.807) is 0 Å². The van der Waals surface area contributed by atoms with Gasteiger partial charge in [-0.3, -0.25) is 0 Å². The van der Waals surface area contributed by atoms with E-state index in [2.05, 4.69) is 55.0 Å². The average Bonchev–Trinajstić information content (AvgIpc) is 2.62. The summed E-state index contributed by atoms with van der Waals surface area (Å²) >= 11 is 0.141. The Labute approximate surface area is 158 Å². The van der Waals surface area contributed by atoms with Gasteiger partial charge in [-0.25, -0.2) is 0 Å². The summed E-state index contributed by atoms with van der Waals surface area (Å²) in [6.07, 6.45) is 6.70. The first-order chi connectivity index (χ1) is 12.1. The number of hydrogen-bond acceptors (Lipinski definition) is 2. The molecule has 2 unspecified atom stereocenters. The van der Waals surface area contributed by atoms with Crippen LogP contribution in [0.15, 0.2) is 53.5 Å². The number of hydrogen-bond donors (Lipinski definition) is 1.